The third kappa shape index (κ3) is 2.84. The second kappa shape index (κ2) is 4.58. The van der Waals surface area contributed by atoms with Crippen molar-refractivity contribution in [2.24, 2.45) is 0 Å². The van der Waals surface area contributed by atoms with Gasteiger partial charge in [0.1, 0.15) is 0 Å². The van der Waals surface area contributed by atoms with Gasteiger partial charge in [0.2, 0.25) is 5.95 Å². The molecule has 6 heteroatoms. The van der Waals surface area contributed by atoms with Crippen molar-refractivity contribution in [1.29, 1.82) is 5.26 Å². The van der Waals surface area contributed by atoms with E-state index in [2.05, 4.69) is 20.5 Å². The normalized spacial score (nSPS) is 9.31. The van der Waals surface area contributed by atoms with E-state index in [0.29, 0.717) is 29.8 Å². The minimum Gasteiger partial charge on any atom is -0.352 e. The molecule has 0 aliphatic rings. The fraction of sp³-hybridized carbons (Fsp3) is 0.429. The van der Waals surface area contributed by atoms with Crippen LogP contribution in [-0.4, -0.2) is 21.7 Å². The third-order valence-corrected chi connectivity index (χ3v) is 1.67. The van der Waals surface area contributed by atoms with Crippen molar-refractivity contribution in [1.82, 2.24) is 15.2 Å². The van der Waals surface area contributed by atoms with E-state index in [1.54, 1.807) is 6.92 Å². The Kier molecular flexibility index (Phi) is 3.41. The maximum atomic E-state index is 8.28. The van der Waals surface area contributed by atoms with E-state index >= 15 is 0 Å². The van der Waals surface area contributed by atoms with Crippen LogP contribution in [0.25, 0.3) is 0 Å². The molecule has 0 aliphatic carbocycles. The molecule has 1 N–H and O–H groups in total. The molecule has 0 amide bonds. The summed E-state index contributed by atoms with van der Waals surface area (Å²) in [4.78, 5) is 4.02. The highest BCUT2D eigenvalue weighted by molar-refractivity contribution is 6.29. The van der Waals surface area contributed by atoms with Gasteiger partial charge in [-0.25, -0.2) is 4.98 Å². The van der Waals surface area contributed by atoms with Crippen molar-refractivity contribution < 1.29 is 0 Å². The molecule has 1 rings (SSSR count). The van der Waals surface area contributed by atoms with Crippen LogP contribution in [0.15, 0.2) is 0 Å². The van der Waals surface area contributed by atoms with Gasteiger partial charge in [-0.05, 0) is 6.92 Å². The zero-order valence-corrected chi connectivity index (χ0v) is 7.84. The maximum absolute atomic E-state index is 8.28. The largest absolute Gasteiger partial charge is 0.352 e. The first-order chi connectivity index (χ1) is 6.24. The predicted octanol–water partition coefficient (Wildman–Crippen LogP) is 1.16. The second-order valence-corrected chi connectivity index (χ2v) is 2.70. The molecule has 0 atom stereocenters. The molecule has 0 saturated carbocycles. The number of aryl methyl sites for hydroxylation is 1. The molecule has 0 unspecified atom stereocenters. The van der Waals surface area contributed by atoms with Gasteiger partial charge >= 0.3 is 0 Å². The van der Waals surface area contributed by atoms with Crippen molar-refractivity contribution in [3.8, 4) is 6.07 Å². The zero-order valence-electron chi connectivity index (χ0n) is 7.08. The van der Waals surface area contributed by atoms with Gasteiger partial charge in [-0.2, -0.15) is 5.26 Å². The first-order valence-electron chi connectivity index (χ1n) is 3.71. The summed E-state index contributed by atoms with van der Waals surface area (Å²) in [6.45, 7) is 2.26. The van der Waals surface area contributed by atoms with Crippen molar-refractivity contribution >= 4 is 17.5 Å². The topological polar surface area (TPSA) is 74.5 Å². The summed E-state index contributed by atoms with van der Waals surface area (Å²) in [5, 5.41) is 18.8. The summed E-state index contributed by atoms with van der Waals surface area (Å²) in [6, 6.07) is 2.00. The number of hydrogen-bond acceptors (Lipinski definition) is 5. The smallest absolute Gasteiger partial charge is 0.243 e. The summed E-state index contributed by atoms with van der Waals surface area (Å²) < 4.78 is 0. The molecule has 1 aromatic heterocycles. The number of nitriles is 1. The Balaban J connectivity index is 2.59. The van der Waals surface area contributed by atoms with Crippen LogP contribution >= 0.6 is 11.6 Å². The summed E-state index contributed by atoms with van der Waals surface area (Å²) in [5.41, 5.74) is 0.621. The SMILES string of the molecule is Cc1nc(NCCC#N)nnc1Cl. The molecule has 5 nitrogen and oxygen atoms in total. The molecule has 0 spiro atoms. The Morgan fingerprint density at radius 2 is 2.31 bits per heavy atom. The molecule has 0 aliphatic heterocycles. The molecule has 1 heterocycles. The molecule has 0 radical (unpaired) electrons. The quantitative estimate of drug-likeness (QED) is 0.736. The summed E-state index contributed by atoms with van der Waals surface area (Å²) in [6.07, 6.45) is 0.408. The van der Waals surface area contributed by atoms with Gasteiger partial charge in [-0.3, -0.25) is 0 Å². The summed E-state index contributed by atoms with van der Waals surface area (Å²) in [7, 11) is 0. The van der Waals surface area contributed by atoms with E-state index in [1.807, 2.05) is 6.07 Å². The molecule has 68 valence electrons. The van der Waals surface area contributed by atoms with E-state index in [1.165, 1.54) is 0 Å². The lowest BCUT2D eigenvalue weighted by molar-refractivity contribution is 0.918. The molecule has 0 bridgehead atoms. The second-order valence-electron chi connectivity index (χ2n) is 2.35. The van der Waals surface area contributed by atoms with Crippen LogP contribution in [0.5, 0.6) is 0 Å². The van der Waals surface area contributed by atoms with E-state index < -0.39 is 0 Å². The number of hydrogen-bond donors (Lipinski definition) is 1. The standard InChI is InChI=1S/C7H8ClN5/c1-5-6(8)12-13-7(11-5)10-4-2-3-9/h2,4H2,1H3,(H,10,11,13). The Bertz CT molecular complexity index is 332. The monoisotopic (exact) mass is 197 g/mol. The highest BCUT2D eigenvalue weighted by atomic mass is 35.5. The van der Waals surface area contributed by atoms with E-state index in [9.17, 15) is 0 Å². The predicted molar refractivity (Wildman–Crippen MR) is 48.3 cm³/mol. The van der Waals surface area contributed by atoms with Crippen LogP contribution in [0.3, 0.4) is 0 Å². The number of halogens is 1. The van der Waals surface area contributed by atoms with Crippen LogP contribution in [0, 0.1) is 18.3 Å². The minimum absolute atomic E-state index is 0.297. The van der Waals surface area contributed by atoms with Gasteiger partial charge in [-0.1, -0.05) is 11.6 Å². The van der Waals surface area contributed by atoms with Gasteiger partial charge in [0.05, 0.1) is 18.2 Å². The molecule has 0 aromatic carbocycles. The van der Waals surface area contributed by atoms with Gasteiger partial charge in [-0.15, -0.1) is 10.2 Å². The van der Waals surface area contributed by atoms with Crippen molar-refractivity contribution in [2.45, 2.75) is 13.3 Å². The Hall–Kier alpha value is -1.41. The fourth-order valence-corrected chi connectivity index (χ4v) is 0.776. The average molecular weight is 198 g/mol. The Morgan fingerprint density at radius 1 is 1.54 bits per heavy atom. The van der Waals surface area contributed by atoms with Crippen LogP contribution in [0.4, 0.5) is 5.95 Å². The van der Waals surface area contributed by atoms with Crippen molar-refractivity contribution in [2.75, 3.05) is 11.9 Å². The highest BCUT2D eigenvalue weighted by Crippen LogP contribution is 2.08. The molecule has 0 saturated heterocycles. The number of aromatic nitrogens is 3. The van der Waals surface area contributed by atoms with Gasteiger partial charge < -0.3 is 5.32 Å². The average Bonchev–Trinajstić information content (AvgIpc) is 2.12. The molecule has 0 fully saturated rings. The van der Waals surface area contributed by atoms with Gasteiger partial charge in [0.25, 0.3) is 0 Å². The zero-order chi connectivity index (χ0) is 9.68. The lowest BCUT2D eigenvalue weighted by Crippen LogP contribution is -2.06. The van der Waals surface area contributed by atoms with Gasteiger partial charge in [0.15, 0.2) is 5.15 Å². The molecular formula is C7H8ClN5. The molecular weight excluding hydrogens is 190 g/mol. The van der Waals surface area contributed by atoms with Crippen LogP contribution in [-0.2, 0) is 0 Å². The van der Waals surface area contributed by atoms with Crippen LogP contribution in [0.1, 0.15) is 12.1 Å². The molecule has 1 aromatic rings. The van der Waals surface area contributed by atoms with Crippen LogP contribution < -0.4 is 5.32 Å². The van der Waals surface area contributed by atoms with Crippen molar-refractivity contribution in [3.05, 3.63) is 10.8 Å². The van der Waals surface area contributed by atoms with E-state index in [4.69, 9.17) is 16.9 Å². The lowest BCUT2D eigenvalue weighted by Gasteiger charge is -2.01. The minimum atomic E-state index is 0.297. The number of rotatable bonds is 3. The number of anilines is 1. The van der Waals surface area contributed by atoms with E-state index in [0.717, 1.165) is 0 Å². The fourth-order valence-electron chi connectivity index (χ4n) is 0.696. The first-order valence-corrected chi connectivity index (χ1v) is 4.09. The van der Waals surface area contributed by atoms with Crippen molar-refractivity contribution in [3.63, 3.8) is 0 Å². The van der Waals surface area contributed by atoms with Gasteiger partial charge in [0, 0.05) is 6.54 Å². The lowest BCUT2D eigenvalue weighted by atomic mass is 10.5. The third-order valence-electron chi connectivity index (χ3n) is 1.32. The first kappa shape index (κ1) is 9.68. The van der Waals surface area contributed by atoms with E-state index in [-0.39, 0.29) is 0 Å². The van der Waals surface area contributed by atoms with Crippen LogP contribution in [0.2, 0.25) is 5.15 Å². The Labute approximate surface area is 80.8 Å². The Morgan fingerprint density at radius 3 is 2.92 bits per heavy atom. The number of nitrogens with one attached hydrogen (secondary N) is 1. The maximum Gasteiger partial charge on any atom is 0.243 e. The summed E-state index contributed by atoms with van der Waals surface area (Å²) >= 11 is 5.63. The highest BCUT2D eigenvalue weighted by Gasteiger charge is 2.00. The molecule has 13 heavy (non-hydrogen) atoms. The summed E-state index contributed by atoms with van der Waals surface area (Å²) in [5.74, 6) is 0.400. The number of nitrogens with zero attached hydrogens (tertiary/aromatic N) is 4.